The number of alkyl carbamates (subject to hydrolysis) is 1. The highest BCUT2D eigenvalue weighted by Crippen LogP contribution is 2.14. The molecule has 0 bridgehead atoms. The Labute approximate surface area is 154 Å². The topological polar surface area (TPSA) is 94.5 Å². The predicted octanol–water partition coefficient (Wildman–Crippen LogP) is 2.35. The Morgan fingerprint density at radius 2 is 2.08 bits per heavy atom. The van der Waals surface area contributed by atoms with Crippen LogP contribution in [-0.2, 0) is 16.1 Å². The van der Waals surface area contributed by atoms with Crippen molar-refractivity contribution in [1.29, 1.82) is 5.26 Å². The first kappa shape index (κ1) is 19.7. The number of ether oxygens (including phenoxy) is 1. The molecule has 1 fully saturated rings. The van der Waals surface area contributed by atoms with E-state index in [1.54, 1.807) is 5.01 Å². The van der Waals surface area contributed by atoms with Gasteiger partial charge in [-0.3, -0.25) is 10.2 Å². The van der Waals surface area contributed by atoms with Gasteiger partial charge in [0.05, 0.1) is 6.07 Å². The lowest BCUT2D eigenvalue weighted by molar-refractivity contribution is -0.128. The van der Waals surface area contributed by atoms with Crippen LogP contribution in [0.1, 0.15) is 38.7 Å². The summed E-state index contributed by atoms with van der Waals surface area (Å²) in [6.07, 6.45) is 1.45. The third-order valence-electron chi connectivity index (χ3n) is 4.18. The van der Waals surface area contributed by atoms with Crippen LogP contribution < -0.4 is 10.7 Å². The zero-order valence-corrected chi connectivity index (χ0v) is 15.3. The Morgan fingerprint density at radius 1 is 1.35 bits per heavy atom. The molecule has 1 heterocycles. The molecule has 1 aliphatic heterocycles. The van der Waals surface area contributed by atoms with E-state index in [-0.39, 0.29) is 24.5 Å². The SMILES string of the molecule is CC(C)C[C@@H](NC(=O)OCc1ccccc1)C(=O)NN1CCC[C@@H]1C#N. The van der Waals surface area contributed by atoms with Crippen molar-refractivity contribution in [3.63, 3.8) is 0 Å². The van der Waals surface area contributed by atoms with Gasteiger partial charge in [-0.2, -0.15) is 5.26 Å². The molecular formula is C19H26N4O3. The van der Waals surface area contributed by atoms with E-state index in [0.29, 0.717) is 13.0 Å². The number of nitrogens with zero attached hydrogens (tertiary/aromatic N) is 2. The number of carbonyl (C=O) groups excluding carboxylic acids is 2. The molecule has 0 radical (unpaired) electrons. The van der Waals surface area contributed by atoms with Gasteiger partial charge in [-0.05, 0) is 30.7 Å². The fourth-order valence-electron chi connectivity index (χ4n) is 2.86. The molecule has 140 valence electrons. The van der Waals surface area contributed by atoms with Gasteiger partial charge in [0.25, 0.3) is 5.91 Å². The van der Waals surface area contributed by atoms with Crippen LogP contribution in [0.4, 0.5) is 4.79 Å². The molecule has 0 unspecified atom stereocenters. The van der Waals surface area contributed by atoms with Crippen LogP contribution in [0, 0.1) is 17.2 Å². The van der Waals surface area contributed by atoms with Gasteiger partial charge in [0.15, 0.2) is 0 Å². The summed E-state index contributed by atoms with van der Waals surface area (Å²) < 4.78 is 5.21. The summed E-state index contributed by atoms with van der Waals surface area (Å²) in [6.45, 7) is 4.73. The quantitative estimate of drug-likeness (QED) is 0.780. The van der Waals surface area contributed by atoms with Gasteiger partial charge in [0.2, 0.25) is 0 Å². The maximum absolute atomic E-state index is 12.6. The lowest BCUT2D eigenvalue weighted by Crippen LogP contribution is -2.53. The Hall–Kier alpha value is -2.59. The number of nitrogens with one attached hydrogen (secondary N) is 2. The number of rotatable bonds is 7. The molecule has 7 nitrogen and oxygen atoms in total. The van der Waals surface area contributed by atoms with Gasteiger partial charge < -0.3 is 10.1 Å². The van der Waals surface area contributed by atoms with Crippen LogP contribution in [0.5, 0.6) is 0 Å². The summed E-state index contributed by atoms with van der Waals surface area (Å²) in [5, 5.41) is 13.4. The highest BCUT2D eigenvalue weighted by molar-refractivity contribution is 5.85. The number of benzene rings is 1. The molecule has 0 aliphatic carbocycles. The molecule has 0 spiro atoms. The molecule has 0 aromatic heterocycles. The van der Waals surface area contributed by atoms with Crippen molar-refractivity contribution in [2.45, 2.75) is 51.8 Å². The number of hydrogen-bond acceptors (Lipinski definition) is 5. The second-order valence-corrected chi connectivity index (χ2v) is 6.84. The van der Waals surface area contributed by atoms with Crippen molar-refractivity contribution in [1.82, 2.24) is 15.8 Å². The molecule has 2 atom stereocenters. The van der Waals surface area contributed by atoms with E-state index in [1.807, 2.05) is 44.2 Å². The predicted molar refractivity (Wildman–Crippen MR) is 96.5 cm³/mol. The number of carbonyl (C=O) groups is 2. The molecule has 2 amide bonds. The van der Waals surface area contributed by atoms with Crippen molar-refractivity contribution in [2.75, 3.05) is 6.54 Å². The van der Waals surface area contributed by atoms with Gasteiger partial charge in [-0.25, -0.2) is 9.80 Å². The first-order chi connectivity index (χ1) is 12.5. The van der Waals surface area contributed by atoms with E-state index < -0.39 is 12.1 Å². The van der Waals surface area contributed by atoms with Crippen molar-refractivity contribution < 1.29 is 14.3 Å². The largest absolute Gasteiger partial charge is 0.445 e. The fourth-order valence-corrected chi connectivity index (χ4v) is 2.86. The van der Waals surface area contributed by atoms with Crippen molar-refractivity contribution in [3.05, 3.63) is 35.9 Å². The fraction of sp³-hybridized carbons (Fsp3) is 0.526. The van der Waals surface area contributed by atoms with Gasteiger partial charge in [-0.1, -0.05) is 44.2 Å². The van der Waals surface area contributed by atoms with Crippen LogP contribution in [0.2, 0.25) is 0 Å². The van der Waals surface area contributed by atoms with Crippen LogP contribution in [-0.4, -0.2) is 35.6 Å². The van der Waals surface area contributed by atoms with Gasteiger partial charge in [-0.15, -0.1) is 0 Å². The Bertz CT molecular complexity index is 642. The average Bonchev–Trinajstić information content (AvgIpc) is 3.07. The third kappa shape index (κ3) is 6.05. The number of hydrazine groups is 1. The van der Waals surface area contributed by atoms with E-state index in [9.17, 15) is 9.59 Å². The summed E-state index contributed by atoms with van der Waals surface area (Å²) >= 11 is 0. The lowest BCUT2D eigenvalue weighted by Gasteiger charge is -2.25. The van der Waals surface area contributed by atoms with E-state index >= 15 is 0 Å². The highest BCUT2D eigenvalue weighted by atomic mass is 16.5. The molecule has 2 rings (SSSR count). The van der Waals surface area contributed by atoms with Gasteiger partial charge in [0.1, 0.15) is 18.7 Å². The first-order valence-electron chi connectivity index (χ1n) is 8.93. The first-order valence-corrected chi connectivity index (χ1v) is 8.93. The van der Waals surface area contributed by atoms with Gasteiger partial charge in [0, 0.05) is 6.54 Å². The molecule has 26 heavy (non-hydrogen) atoms. The molecule has 1 aromatic carbocycles. The maximum atomic E-state index is 12.6. The standard InChI is InChI=1S/C19H26N4O3/c1-14(2)11-17(18(24)22-23-10-6-9-16(23)12-20)21-19(25)26-13-15-7-4-3-5-8-15/h3-5,7-8,14,16-17H,6,9-11,13H2,1-2H3,(H,21,25)(H,22,24)/t16-,17-/m1/s1. The van der Waals surface area contributed by atoms with Gasteiger partial charge >= 0.3 is 6.09 Å². The number of amides is 2. The minimum Gasteiger partial charge on any atom is -0.445 e. The maximum Gasteiger partial charge on any atom is 0.408 e. The molecule has 7 heteroatoms. The minimum atomic E-state index is -0.710. The third-order valence-corrected chi connectivity index (χ3v) is 4.18. The molecule has 0 saturated carbocycles. The second-order valence-electron chi connectivity index (χ2n) is 6.84. The monoisotopic (exact) mass is 358 g/mol. The zero-order valence-electron chi connectivity index (χ0n) is 15.3. The minimum absolute atomic E-state index is 0.144. The normalized spacial score (nSPS) is 18.2. The average molecular weight is 358 g/mol. The van der Waals surface area contributed by atoms with E-state index in [0.717, 1.165) is 18.4 Å². The summed E-state index contributed by atoms with van der Waals surface area (Å²) in [5.74, 6) is -0.108. The molecule has 1 saturated heterocycles. The van der Waals surface area contributed by atoms with Crippen molar-refractivity contribution in [3.8, 4) is 6.07 Å². The summed E-state index contributed by atoms with van der Waals surface area (Å²) in [7, 11) is 0. The Kier molecular flexibility index (Phi) is 7.42. The van der Waals surface area contributed by atoms with Crippen molar-refractivity contribution >= 4 is 12.0 Å². The molecular weight excluding hydrogens is 332 g/mol. The van der Waals surface area contributed by atoms with Crippen LogP contribution in [0.15, 0.2) is 30.3 Å². The molecule has 1 aliphatic rings. The van der Waals surface area contributed by atoms with E-state index in [4.69, 9.17) is 10.00 Å². The molecule has 1 aromatic rings. The second kappa shape index (κ2) is 9.78. The van der Waals surface area contributed by atoms with Crippen molar-refractivity contribution in [2.24, 2.45) is 5.92 Å². The summed E-state index contributed by atoms with van der Waals surface area (Å²) in [5.41, 5.74) is 3.64. The smallest absolute Gasteiger partial charge is 0.408 e. The van der Waals surface area contributed by atoms with Crippen LogP contribution in [0.25, 0.3) is 0 Å². The number of hydrogen-bond donors (Lipinski definition) is 2. The van der Waals surface area contributed by atoms with Crippen LogP contribution >= 0.6 is 0 Å². The summed E-state index contributed by atoms with van der Waals surface area (Å²) in [4.78, 5) is 24.7. The van der Waals surface area contributed by atoms with E-state index in [1.165, 1.54) is 0 Å². The Balaban J connectivity index is 1.90. The Morgan fingerprint density at radius 3 is 2.73 bits per heavy atom. The summed E-state index contributed by atoms with van der Waals surface area (Å²) in [6, 6.07) is 10.5. The zero-order chi connectivity index (χ0) is 18.9. The van der Waals surface area contributed by atoms with E-state index in [2.05, 4.69) is 16.8 Å². The highest BCUT2D eigenvalue weighted by Gasteiger charge is 2.29. The lowest BCUT2D eigenvalue weighted by atomic mass is 10.0. The van der Waals surface area contributed by atoms with Crippen LogP contribution in [0.3, 0.4) is 0 Å². The number of nitriles is 1. The molecule has 2 N–H and O–H groups in total.